The summed E-state index contributed by atoms with van der Waals surface area (Å²) in [6, 6.07) is 6.93. The Kier molecular flexibility index (Phi) is 9.00. The van der Waals surface area contributed by atoms with Crippen molar-refractivity contribution in [3.05, 3.63) is 82.5 Å². The zero-order valence-electron chi connectivity index (χ0n) is 24.3. The fourth-order valence-electron chi connectivity index (χ4n) is 4.61. The highest BCUT2D eigenvalue weighted by Gasteiger charge is 2.34. The smallest absolute Gasteiger partial charge is 0.338 e. The number of nitro benzene ring substituents is 1. The normalized spacial score (nSPS) is 14.8. The molecular weight excluding hydrogens is 566 g/mol. The standard InChI is InChI=1S/C29H31N3O9S/c1-8-40-28(34)25-16(4)30-29-31(26(25)17-9-10-20(41-15(2)3)21(11-17)37-5)27(33)24(42-29)13-18-12-22(38-6)23(39-7)14-19(18)32(35)36/h9-15,26H,8H2,1-7H3/b24-13-/t26-/m1/s1. The number of hydrogen-bond acceptors (Lipinski definition) is 11. The van der Waals surface area contributed by atoms with Gasteiger partial charge in [0, 0.05) is 0 Å². The van der Waals surface area contributed by atoms with E-state index in [2.05, 4.69) is 4.99 Å². The highest BCUT2D eigenvalue weighted by atomic mass is 32.1. The van der Waals surface area contributed by atoms with Crippen molar-refractivity contribution in [2.75, 3.05) is 27.9 Å². The number of thiazole rings is 1. The van der Waals surface area contributed by atoms with Crippen LogP contribution in [0.3, 0.4) is 0 Å². The molecule has 222 valence electrons. The SMILES string of the molecule is CCOC(=O)C1=C(C)N=c2s/c(=C\c3cc(OC)c(OC)cc3[N+](=O)[O-])c(=O)n2[C@@H]1c1ccc(OC(C)C)c(OC)c1. The molecule has 0 N–H and O–H groups in total. The first kappa shape index (κ1) is 30.3. The number of allylic oxidation sites excluding steroid dienone is 1. The van der Waals surface area contributed by atoms with Crippen LogP contribution in [-0.2, 0) is 9.53 Å². The van der Waals surface area contributed by atoms with E-state index in [0.717, 1.165) is 11.3 Å². The number of benzene rings is 2. The van der Waals surface area contributed by atoms with Crippen molar-refractivity contribution in [2.24, 2.45) is 4.99 Å². The fourth-order valence-corrected chi connectivity index (χ4v) is 5.65. The van der Waals surface area contributed by atoms with Gasteiger partial charge in [-0.3, -0.25) is 19.5 Å². The molecule has 2 heterocycles. The molecule has 2 aromatic carbocycles. The quantitative estimate of drug-likeness (QED) is 0.195. The number of nitrogens with zero attached hydrogens (tertiary/aromatic N) is 3. The van der Waals surface area contributed by atoms with Crippen LogP contribution in [0.5, 0.6) is 23.0 Å². The lowest BCUT2D eigenvalue weighted by Gasteiger charge is -2.25. The molecule has 4 rings (SSSR count). The van der Waals surface area contributed by atoms with Gasteiger partial charge in [0.2, 0.25) is 0 Å². The fraction of sp³-hybridized carbons (Fsp3) is 0.345. The van der Waals surface area contributed by atoms with E-state index in [1.807, 2.05) is 13.8 Å². The van der Waals surface area contributed by atoms with Crippen molar-refractivity contribution < 1.29 is 33.4 Å². The Hall–Kier alpha value is -4.65. The minimum atomic E-state index is -0.912. The lowest BCUT2D eigenvalue weighted by atomic mass is 9.95. The van der Waals surface area contributed by atoms with Crippen LogP contribution < -0.4 is 33.8 Å². The Balaban J connectivity index is 1.99. The first-order valence-electron chi connectivity index (χ1n) is 13.0. The lowest BCUT2D eigenvalue weighted by molar-refractivity contribution is -0.385. The summed E-state index contributed by atoms with van der Waals surface area (Å²) in [5, 5.41) is 11.9. The van der Waals surface area contributed by atoms with E-state index in [0.29, 0.717) is 27.6 Å². The van der Waals surface area contributed by atoms with E-state index in [1.165, 1.54) is 44.1 Å². The maximum Gasteiger partial charge on any atom is 0.338 e. The maximum atomic E-state index is 14.0. The molecule has 1 aliphatic rings. The second kappa shape index (κ2) is 12.5. The van der Waals surface area contributed by atoms with E-state index < -0.39 is 22.5 Å². The van der Waals surface area contributed by atoms with Crippen LogP contribution in [0.1, 0.15) is 44.9 Å². The van der Waals surface area contributed by atoms with Crippen molar-refractivity contribution in [3.63, 3.8) is 0 Å². The molecule has 0 bridgehead atoms. The second-order valence-corrected chi connectivity index (χ2v) is 10.4. The summed E-state index contributed by atoms with van der Waals surface area (Å²) in [5.41, 5.74) is 0.493. The summed E-state index contributed by atoms with van der Waals surface area (Å²) in [6.07, 6.45) is 1.30. The maximum absolute atomic E-state index is 14.0. The van der Waals surface area contributed by atoms with Gasteiger partial charge in [-0.25, -0.2) is 9.79 Å². The number of esters is 1. The van der Waals surface area contributed by atoms with E-state index in [1.54, 1.807) is 32.0 Å². The number of carbonyl (C=O) groups is 1. The molecular formula is C29H31N3O9S. The minimum absolute atomic E-state index is 0.111. The van der Waals surface area contributed by atoms with Crippen LogP contribution in [0, 0.1) is 10.1 Å². The van der Waals surface area contributed by atoms with Gasteiger partial charge >= 0.3 is 5.97 Å². The van der Waals surface area contributed by atoms with Gasteiger partial charge in [0.1, 0.15) is 0 Å². The molecule has 0 unspecified atom stereocenters. The third kappa shape index (κ3) is 5.73. The number of hydrogen-bond donors (Lipinski definition) is 0. The monoisotopic (exact) mass is 597 g/mol. The minimum Gasteiger partial charge on any atom is -0.493 e. The molecule has 0 saturated heterocycles. The molecule has 0 spiro atoms. The first-order valence-corrected chi connectivity index (χ1v) is 13.8. The number of methoxy groups -OCH3 is 3. The number of carbonyl (C=O) groups excluding carboxylic acids is 1. The summed E-state index contributed by atoms with van der Waals surface area (Å²) >= 11 is 1.04. The summed E-state index contributed by atoms with van der Waals surface area (Å²) in [7, 11) is 4.28. The average molecular weight is 598 g/mol. The van der Waals surface area contributed by atoms with Crippen LogP contribution in [-0.4, -0.2) is 49.5 Å². The Bertz CT molecular complexity index is 1750. The van der Waals surface area contributed by atoms with Gasteiger partial charge in [-0.05, 0) is 57.5 Å². The van der Waals surface area contributed by atoms with Gasteiger partial charge in [0.15, 0.2) is 27.8 Å². The van der Waals surface area contributed by atoms with Crippen LogP contribution >= 0.6 is 11.3 Å². The molecule has 1 aliphatic heterocycles. The van der Waals surface area contributed by atoms with Crippen LogP contribution in [0.25, 0.3) is 6.08 Å². The van der Waals surface area contributed by atoms with E-state index in [9.17, 15) is 19.7 Å². The van der Waals surface area contributed by atoms with E-state index in [4.69, 9.17) is 23.7 Å². The Morgan fingerprint density at radius 2 is 1.74 bits per heavy atom. The molecule has 1 atom stereocenters. The molecule has 0 aliphatic carbocycles. The molecule has 0 saturated carbocycles. The largest absolute Gasteiger partial charge is 0.493 e. The molecule has 0 fully saturated rings. The zero-order chi connectivity index (χ0) is 30.7. The van der Waals surface area contributed by atoms with E-state index in [-0.39, 0.29) is 45.6 Å². The second-order valence-electron chi connectivity index (χ2n) is 9.40. The highest BCUT2D eigenvalue weighted by Crippen LogP contribution is 2.37. The summed E-state index contributed by atoms with van der Waals surface area (Å²) in [6.45, 7) is 7.26. The molecule has 1 aromatic heterocycles. The number of ether oxygens (including phenoxy) is 5. The average Bonchev–Trinajstić information content (AvgIpc) is 3.25. The molecule has 12 nitrogen and oxygen atoms in total. The summed E-state index contributed by atoms with van der Waals surface area (Å²) in [4.78, 5) is 43.4. The van der Waals surface area contributed by atoms with Gasteiger partial charge < -0.3 is 23.7 Å². The van der Waals surface area contributed by atoms with Gasteiger partial charge in [0.25, 0.3) is 11.2 Å². The van der Waals surface area contributed by atoms with Gasteiger partial charge in [0.05, 0.1) is 72.4 Å². The number of aromatic nitrogens is 1. The number of rotatable bonds is 10. The predicted molar refractivity (Wildman–Crippen MR) is 155 cm³/mol. The third-order valence-corrected chi connectivity index (χ3v) is 7.38. The van der Waals surface area contributed by atoms with Crippen LogP contribution in [0.15, 0.2) is 51.4 Å². The molecule has 3 aromatic rings. The predicted octanol–water partition coefficient (Wildman–Crippen LogP) is 3.52. The van der Waals surface area contributed by atoms with Crippen molar-refractivity contribution in [1.29, 1.82) is 0 Å². The Morgan fingerprint density at radius 1 is 1.10 bits per heavy atom. The van der Waals surface area contributed by atoms with Crippen molar-refractivity contribution in [2.45, 2.75) is 39.8 Å². The molecule has 0 amide bonds. The molecule has 42 heavy (non-hydrogen) atoms. The van der Waals surface area contributed by atoms with Crippen molar-refractivity contribution >= 4 is 29.1 Å². The van der Waals surface area contributed by atoms with Crippen molar-refractivity contribution in [1.82, 2.24) is 4.57 Å². The summed E-state index contributed by atoms with van der Waals surface area (Å²) < 4.78 is 28.9. The Morgan fingerprint density at radius 3 is 2.33 bits per heavy atom. The lowest BCUT2D eigenvalue weighted by Crippen LogP contribution is -2.40. The topological polar surface area (TPSA) is 141 Å². The van der Waals surface area contributed by atoms with Gasteiger partial charge in [-0.15, -0.1) is 0 Å². The zero-order valence-corrected chi connectivity index (χ0v) is 25.1. The number of nitro groups is 1. The summed E-state index contributed by atoms with van der Waals surface area (Å²) in [5.74, 6) is 0.743. The van der Waals surface area contributed by atoms with Crippen LogP contribution in [0.2, 0.25) is 0 Å². The number of fused-ring (bicyclic) bond motifs is 1. The van der Waals surface area contributed by atoms with Crippen LogP contribution in [0.4, 0.5) is 5.69 Å². The third-order valence-electron chi connectivity index (χ3n) is 6.40. The highest BCUT2D eigenvalue weighted by molar-refractivity contribution is 7.07. The van der Waals surface area contributed by atoms with Gasteiger partial charge in [-0.1, -0.05) is 17.4 Å². The van der Waals surface area contributed by atoms with Crippen molar-refractivity contribution in [3.8, 4) is 23.0 Å². The first-order chi connectivity index (χ1) is 20.0. The molecule has 0 radical (unpaired) electrons. The Labute approximate surface area is 245 Å². The molecule has 13 heteroatoms. The van der Waals surface area contributed by atoms with E-state index >= 15 is 0 Å². The van der Waals surface area contributed by atoms with Gasteiger partial charge in [-0.2, -0.15) is 0 Å².